The van der Waals surface area contributed by atoms with Gasteiger partial charge in [0.15, 0.2) is 0 Å². The number of carbonyl (C=O) groups is 1. The van der Waals surface area contributed by atoms with Crippen LogP contribution in [0.4, 0.5) is 11.4 Å². The normalized spacial score (nSPS) is 14.5. The van der Waals surface area contributed by atoms with E-state index in [-0.39, 0.29) is 18.1 Å². The summed E-state index contributed by atoms with van der Waals surface area (Å²) >= 11 is 2.02. The van der Waals surface area contributed by atoms with Crippen LogP contribution in [0, 0.1) is 13.7 Å². The average Bonchev–Trinajstić information content (AvgIpc) is 2.90. The van der Waals surface area contributed by atoms with Gasteiger partial charge >= 0.3 is 0 Å². The van der Waals surface area contributed by atoms with Crippen molar-refractivity contribution in [1.29, 1.82) is 0 Å². The summed E-state index contributed by atoms with van der Waals surface area (Å²) in [6, 6.07) is 4.90. The number of anilines is 1. The summed E-state index contributed by atoms with van der Waals surface area (Å²) in [7, 11) is 0. The molecule has 0 bridgehead atoms. The summed E-state index contributed by atoms with van der Waals surface area (Å²) in [6.45, 7) is 1.67. The molecule has 0 radical (unpaired) electrons. The first-order chi connectivity index (χ1) is 9.08. The number of nitro groups is 1. The fraction of sp³-hybridized carbons (Fsp3) is 0.417. The van der Waals surface area contributed by atoms with E-state index < -0.39 is 4.92 Å². The van der Waals surface area contributed by atoms with Gasteiger partial charge in [0.2, 0.25) is 5.91 Å². The first-order valence-electron chi connectivity index (χ1n) is 6.03. The van der Waals surface area contributed by atoms with Gasteiger partial charge in [0.05, 0.1) is 11.5 Å². The zero-order valence-electron chi connectivity index (χ0n) is 10.3. The maximum Gasteiger partial charge on any atom is 0.293 e. The molecule has 0 aliphatic carbocycles. The second kappa shape index (κ2) is 6.18. The molecule has 1 aromatic carbocycles. The fourth-order valence-corrected chi connectivity index (χ4v) is 2.53. The molecule has 0 atom stereocenters. The first kappa shape index (κ1) is 14.0. The molecule has 1 aliphatic rings. The third kappa shape index (κ3) is 3.55. The van der Waals surface area contributed by atoms with Crippen molar-refractivity contribution in [3.8, 4) is 0 Å². The summed E-state index contributed by atoms with van der Waals surface area (Å²) in [4.78, 5) is 24.1. The fourth-order valence-electron chi connectivity index (χ4n) is 2.05. The van der Waals surface area contributed by atoms with Gasteiger partial charge in [-0.05, 0) is 47.6 Å². The van der Waals surface area contributed by atoms with Gasteiger partial charge in [0.25, 0.3) is 5.69 Å². The number of halogens is 1. The molecule has 1 amide bonds. The minimum absolute atomic E-state index is 0.00104. The molecular formula is C12H14IN3O3. The Morgan fingerprint density at radius 3 is 2.74 bits per heavy atom. The number of benzene rings is 1. The molecule has 19 heavy (non-hydrogen) atoms. The largest absolute Gasteiger partial charge is 0.371 e. The summed E-state index contributed by atoms with van der Waals surface area (Å²) in [5.41, 5.74) is 0.388. The highest BCUT2D eigenvalue weighted by Gasteiger charge is 2.19. The Labute approximate surface area is 124 Å². The molecule has 0 unspecified atom stereocenters. The Morgan fingerprint density at radius 1 is 1.42 bits per heavy atom. The third-order valence-electron chi connectivity index (χ3n) is 3.05. The number of rotatable bonds is 4. The van der Waals surface area contributed by atoms with E-state index in [0.29, 0.717) is 5.69 Å². The van der Waals surface area contributed by atoms with Crippen LogP contribution in [0.25, 0.3) is 0 Å². The quantitative estimate of drug-likeness (QED) is 0.498. The van der Waals surface area contributed by atoms with Gasteiger partial charge in [-0.25, -0.2) is 0 Å². The van der Waals surface area contributed by atoms with Crippen LogP contribution in [0.2, 0.25) is 0 Å². The Bertz CT molecular complexity index is 501. The van der Waals surface area contributed by atoms with Gasteiger partial charge in [-0.3, -0.25) is 14.9 Å². The van der Waals surface area contributed by atoms with Gasteiger partial charge < -0.3 is 10.2 Å². The molecular weight excluding hydrogens is 361 g/mol. The molecule has 1 fully saturated rings. The zero-order chi connectivity index (χ0) is 13.8. The Hall–Kier alpha value is -1.38. The van der Waals surface area contributed by atoms with E-state index in [4.69, 9.17) is 0 Å². The number of amides is 1. The summed E-state index contributed by atoms with van der Waals surface area (Å²) < 4.78 is 0.792. The molecule has 1 heterocycles. The second-order valence-corrected chi connectivity index (χ2v) is 5.61. The number of nitrogens with one attached hydrogen (secondary N) is 1. The Balaban J connectivity index is 2.02. The van der Waals surface area contributed by atoms with Gasteiger partial charge in [0, 0.05) is 22.7 Å². The van der Waals surface area contributed by atoms with Crippen molar-refractivity contribution in [2.45, 2.75) is 12.8 Å². The Morgan fingerprint density at radius 2 is 2.11 bits per heavy atom. The molecule has 102 valence electrons. The van der Waals surface area contributed by atoms with E-state index in [0.717, 1.165) is 29.5 Å². The van der Waals surface area contributed by atoms with Gasteiger partial charge in [0.1, 0.15) is 5.69 Å². The SMILES string of the molecule is O=C(CNc1ccc(I)cc1[N+](=O)[O-])N1CCCC1. The van der Waals surface area contributed by atoms with E-state index in [1.54, 1.807) is 17.0 Å². The molecule has 7 heteroatoms. The highest BCUT2D eigenvalue weighted by atomic mass is 127. The summed E-state index contributed by atoms with van der Waals surface area (Å²) in [5, 5.41) is 13.8. The second-order valence-electron chi connectivity index (χ2n) is 4.36. The molecule has 1 saturated heterocycles. The molecule has 1 aliphatic heterocycles. The van der Waals surface area contributed by atoms with Crippen LogP contribution in [0.3, 0.4) is 0 Å². The van der Waals surface area contributed by atoms with Crippen LogP contribution < -0.4 is 5.32 Å². The number of carbonyl (C=O) groups excluding carboxylic acids is 1. The molecule has 6 nitrogen and oxygen atoms in total. The van der Waals surface area contributed by atoms with E-state index >= 15 is 0 Å². The lowest BCUT2D eigenvalue weighted by Gasteiger charge is -2.16. The lowest BCUT2D eigenvalue weighted by atomic mass is 10.2. The van der Waals surface area contributed by atoms with E-state index in [2.05, 4.69) is 5.32 Å². The predicted octanol–water partition coefficient (Wildman–Crippen LogP) is 2.23. The van der Waals surface area contributed by atoms with Crippen molar-refractivity contribution in [3.05, 3.63) is 31.9 Å². The maximum atomic E-state index is 11.9. The van der Waals surface area contributed by atoms with Crippen molar-refractivity contribution >= 4 is 39.9 Å². The van der Waals surface area contributed by atoms with Gasteiger partial charge in [-0.15, -0.1) is 0 Å². The standard InChI is InChI=1S/C12H14IN3O3/c13-9-3-4-10(11(7-9)16(18)19)14-8-12(17)15-5-1-2-6-15/h3-4,7,14H,1-2,5-6,8H2. The van der Waals surface area contributed by atoms with Crippen molar-refractivity contribution in [2.24, 2.45) is 0 Å². The van der Waals surface area contributed by atoms with Gasteiger partial charge in [-0.2, -0.15) is 0 Å². The number of hydrogen-bond acceptors (Lipinski definition) is 4. The molecule has 2 rings (SSSR count). The molecule has 0 spiro atoms. The lowest BCUT2D eigenvalue weighted by Crippen LogP contribution is -2.33. The van der Waals surface area contributed by atoms with Crippen LogP contribution in [0.1, 0.15) is 12.8 Å². The van der Waals surface area contributed by atoms with Crippen molar-refractivity contribution in [1.82, 2.24) is 4.90 Å². The topological polar surface area (TPSA) is 75.5 Å². The molecule has 1 aromatic rings. The predicted molar refractivity (Wildman–Crippen MR) is 80.1 cm³/mol. The highest BCUT2D eigenvalue weighted by molar-refractivity contribution is 14.1. The third-order valence-corrected chi connectivity index (χ3v) is 3.72. The first-order valence-corrected chi connectivity index (χ1v) is 7.11. The summed E-state index contributed by atoms with van der Waals surface area (Å²) in [5.74, 6) is -0.00894. The van der Waals surface area contributed by atoms with Crippen LogP contribution in [-0.2, 0) is 4.79 Å². The number of nitrogens with zero attached hydrogens (tertiary/aromatic N) is 2. The van der Waals surface area contributed by atoms with Crippen LogP contribution in [-0.4, -0.2) is 35.4 Å². The number of nitro benzene ring substituents is 1. The van der Waals surface area contributed by atoms with Crippen LogP contribution in [0.5, 0.6) is 0 Å². The van der Waals surface area contributed by atoms with Crippen molar-refractivity contribution in [2.75, 3.05) is 25.0 Å². The molecule has 0 aromatic heterocycles. The molecule has 1 N–H and O–H groups in total. The Kier molecular flexibility index (Phi) is 4.56. The van der Waals surface area contributed by atoms with Crippen molar-refractivity contribution < 1.29 is 9.72 Å². The maximum absolute atomic E-state index is 11.9. The average molecular weight is 375 g/mol. The van der Waals surface area contributed by atoms with Crippen molar-refractivity contribution in [3.63, 3.8) is 0 Å². The van der Waals surface area contributed by atoms with Crippen LogP contribution in [0.15, 0.2) is 18.2 Å². The van der Waals surface area contributed by atoms with Gasteiger partial charge in [-0.1, -0.05) is 0 Å². The summed E-state index contributed by atoms with van der Waals surface area (Å²) in [6.07, 6.45) is 2.07. The minimum atomic E-state index is -0.440. The highest BCUT2D eigenvalue weighted by Crippen LogP contribution is 2.26. The van der Waals surface area contributed by atoms with E-state index in [1.165, 1.54) is 6.07 Å². The number of likely N-dealkylation sites (tertiary alicyclic amines) is 1. The molecule has 0 saturated carbocycles. The zero-order valence-corrected chi connectivity index (χ0v) is 12.4. The smallest absolute Gasteiger partial charge is 0.293 e. The van der Waals surface area contributed by atoms with Crippen LogP contribution >= 0.6 is 22.6 Å². The lowest BCUT2D eigenvalue weighted by molar-refractivity contribution is -0.384. The van der Waals surface area contributed by atoms with E-state index in [1.807, 2.05) is 22.6 Å². The minimum Gasteiger partial charge on any atom is -0.371 e. The van der Waals surface area contributed by atoms with E-state index in [9.17, 15) is 14.9 Å². The number of hydrogen-bond donors (Lipinski definition) is 1. The monoisotopic (exact) mass is 375 g/mol.